The molecule has 1 saturated heterocycles. The highest BCUT2D eigenvalue weighted by molar-refractivity contribution is 7.96. The Morgan fingerprint density at radius 2 is 1.84 bits per heavy atom. The number of hydrogen-bond donors (Lipinski definition) is 4. The molecule has 0 bridgehead atoms. The summed E-state index contributed by atoms with van der Waals surface area (Å²) in [4.78, 5) is 14.7. The summed E-state index contributed by atoms with van der Waals surface area (Å²) in [5.41, 5.74) is -2.37. The van der Waals surface area contributed by atoms with Crippen LogP contribution in [0.2, 0.25) is 0 Å². The maximum Gasteiger partial charge on any atom is 0.246 e. The number of hydrogen-bond acceptors (Lipinski definition) is 7. The topological polar surface area (TPSA) is 99.9 Å². The predicted octanol–water partition coefficient (Wildman–Crippen LogP) is 1.75. The van der Waals surface area contributed by atoms with Gasteiger partial charge in [-0.1, -0.05) is 11.9 Å². The van der Waals surface area contributed by atoms with Crippen LogP contribution in [0.3, 0.4) is 0 Å². The number of nitrogens with one attached hydrogen (secondary N) is 2. The number of carbonyl (C=O) groups excluding carboxylic acids is 1. The van der Waals surface area contributed by atoms with Gasteiger partial charge in [-0.25, -0.2) is 0 Å². The molecule has 1 fully saturated rings. The third kappa shape index (κ3) is 5.99. The van der Waals surface area contributed by atoms with E-state index in [1.54, 1.807) is 11.9 Å². The zero-order valence-electron chi connectivity index (χ0n) is 16.1. The lowest BCUT2D eigenvalue weighted by Gasteiger charge is -2.43. The third-order valence-corrected chi connectivity index (χ3v) is 5.73. The summed E-state index contributed by atoms with van der Waals surface area (Å²) in [6.07, 6.45) is 5.10. The van der Waals surface area contributed by atoms with E-state index < -0.39 is 17.0 Å². The molecule has 0 radical (unpaired) electrons. The average Bonchev–Trinajstić information content (AvgIpc) is 2.53. The predicted molar refractivity (Wildman–Crippen MR) is 103 cm³/mol. The Labute approximate surface area is 155 Å². The van der Waals surface area contributed by atoms with Crippen LogP contribution in [0.25, 0.3) is 0 Å². The minimum atomic E-state index is -1.38. The number of nitrogens with zero attached hydrogens (tertiary/aromatic N) is 2. The van der Waals surface area contributed by atoms with Crippen molar-refractivity contribution in [2.45, 2.75) is 57.7 Å². The maximum absolute atomic E-state index is 12.6. The van der Waals surface area contributed by atoms with E-state index >= 15 is 0 Å². The van der Waals surface area contributed by atoms with Gasteiger partial charge in [0.15, 0.2) is 5.88 Å². The average molecular weight is 373 g/mol. The number of amides is 1. The van der Waals surface area contributed by atoms with Crippen molar-refractivity contribution in [1.29, 1.82) is 5.41 Å². The number of aliphatic hydroxyl groups is 2. The fraction of sp³-hybridized carbons (Fsp3) is 0.765. The van der Waals surface area contributed by atoms with Gasteiger partial charge in [0.05, 0.1) is 11.3 Å². The van der Waals surface area contributed by atoms with E-state index in [9.17, 15) is 15.0 Å². The van der Waals surface area contributed by atoms with Crippen LogP contribution in [0, 0.1) is 5.41 Å². The molecule has 0 aromatic rings. The van der Waals surface area contributed by atoms with Crippen LogP contribution in [-0.2, 0) is 4.79 Å². The van der Waals surface area contributed by atoms with E-state index in [1.165, 1.54) is 13.8 Å². The van der Waals surface area contributed by atoms with Crippen LogP contribution in [0.4, 0.5) is 0 Å². The molecule has 144 valence electrons. The van der Waals surface area contributed by atoms with Crippen molar-refractivity contribution in [3.8, 4) is 0 Å². The molecule has 0 saturated carbocycles. The fourth-order valence-electron chi connectivity index (χ4n) is 2.65. The molecule has 7 nitrogen and oxygen atoms in total. The van der Waals surface area contributed by atoms with Gasteiger partial charge in [-0.05, 0) is 53.8 Å². The summed E-state index contributed by atoms with van der Waals surface area (Å²) in [5.74, 6) is -0.782. The fourth-order valence-corrected chi connectivity index (χ4v) is 3.22. The van der Waals surface area contributed by atoms with Gasteiger partial charge in [0.25, 0.3) is 0 Å². The van der Waals surface area contributed by atoms with Gasteiger partial charge in [0, 0.05) is 25.2 Å². The normalized spacial score (nSPS) is 18.5. The van der Waals surface area contributed by atoms with Crippen molar-refractivity contribution in [3.05, 3.63) is 12.0 Å². The van der Waals surface area contributed by atoms with Gasteiger partial charge >= 0.3 is 0 Å². The molecule has 25 heavy (non-hydrogen) atoms. The van der Waals surface area contributed by atoms with Crippen molar-refractivity contribution in [3.63, 3.8) is 0 Å². The maximum atomic E-state index is 12.6. The highest BCUT2D eigenvalue weighted by atomic mass is 32.2. The first-order valence-corrected chi connectivity index (χ1v) is 9.63. The number of likely N-dealkylation sites (N-methyl/N-ethyl adjacent to an activating group) is 1. The molecule has 0 aromatic carbocycles. The van der Waals surface area contributed by atoms with Crippen LogP contribution in [0.15, 0.2) is 12.0 Å². The third-order valence-electron chi connectivity index (χ3n) is 4.85. The highest BCUT2D eigenvalue weighted by Crippen LogP contribution is 2.25. The highest BCUT2D eigenvalue weighted by Gasteiger charge is 2.37. The van der Waals surface area contributed by atoms with Gasteiger partial charge in [0.1, 0.15) is 5.60 Å². The summed E-state index contributed by atoms with van der Waals surface area (Å²) >= 11 is 1.74. The number of piperidine rings is 1. The smallest absolute Gasteiger partial charge is 0.246 e. The van der Waals surface area contributed by atoms with E-state index in [2.05, 4.69) is 20.8 Å². The van der Waals surface area contributed by atoms with Crippen molar-refractivity contribution in [1.82, 2.24) is 14.5 Å². The first-order valence-electron chi connectivity index (χ1n) is 8.45. The molecular weight excluding hydrogens is 340 g/mol. The summed E-state index contributed by atoms with van der Waals surface area (Å²) < 4.78 is 2.31. The van der Waals surface area contributed by atoms with Gasteiger partial charge in [-0.15, -0.1) is 0 Å². The second-order valence-corrected chi connectivity index (χ2v) is 8.35. The molecule has 0 unspecified atom stereocenters. The molecule has 8 heteroatoms. The van der Waals surface area contributed by atoms with Crippen molar-refractivity contribution in [2.24, 2.45) is 0 Å². The van der Waals surface area contributed by atoms with E-state index in [-0.39, 0.29) is 11.6 Å². The van der Waals surface area contributed by atoms with E-state index in [1.807, 2.05) is 20.9 Å². The Bertz CT molecular complexity index is 520. The minimum absolute atomic E-state index is 0.180. The molecule has 1 amide bonds. The SMILES string of the molecule is CSN1CCC(N(C)C(C)(C)C(=O)N/C(O)=C/C(=N)C(C)(C)O)CC1. The van der Waals surface area contributed by atoms with Crippen LogP contribution < -0.4 is 5.32 Å². The number of rotatable bonds is 7. The molecule has 4 N–H and O–H groups in total. The standard InChI is InChI=1S/C17H32N4O3S/c1-16(2,20(5)12-7-9-21(25-6)10-8-12)15(23)19-14(22)11-13(18)17(3,4)24/h11-12,18,22,24H,7-10H2,1-6H3,(H,19,23)/b14-11-,18-13?. The zero-order valence-corrected chi connectivity index (χ0v) is 16.9. The Balaban J connectivity index is 2.72. The van der Waals surface area contributed by atoms with Crippen LogP contribution in [0.1, 0.15) is 40.5 Å². The molecule has 1 rings (SSSR count). The van der Waals surface area contributed by atoms with Crippen molar-refractivity contribution in [2.75, 3.05) is 26.4 Å². The zero-order chi connectivity index (χ0) is 19.4. The Hall–Kier alpha value is -1.09. The number of aliphatic hydroxyl groups excluding tert-OH is 1. The quantitative estimate of drug-likeness (QED) is 0.309. The van der Waals surface area contributed by atoms with E-state index in [0.29, 0.717) is 6.04 Å². The van der Waals surface area contributed by atoms with Gasteiger partial charge in [-0.3, -0.25) is 19.3 Å². The first kappa shape index (κ1) is 22.0. The van der Waals surface area contributed by atoms with Crippen LogP contribution in [-0.4, -0.2) is 74.6 Å². The summed E-state index contributed by atoms with van der Waals surface area (Å²) in [7, 11) is 1.93. The summed E-state index contributed by atoms with van der Waals surface area (Å²) in [5, 5.41) is 29.8. The van der Waals surface area contributed by atoms with Crippen molar-refractivity contribution < 1.29 is 15.0 Å². The Kier molecular flexibility index (Phi) is 7.49. The monoisotopic (exact) mass is 372 g/mol. The van der Waals surface area contributed by atoms with Gasteiger partial charge < -0.3 is 15.6 Å². The van der Waals surface area contributed by atoms with Crippen molar-refractivity contribution >= 4 is 23.6 Å². The van der Waals surface area contributed by atoms with E-state index in [0.717, 1.165) is 32.0 Å². The largest absolute Gasteiger partial charge is 0.494 e. The first-order chi connectivity index (χ1) is 11.4. The number of carbonyl (C=O) groups is 1. The van der Waals surface area contributed by atoms with E-state index in [4.69, 9.17) is 5.41 Å². The molecule has 1 aliphatic heterocycles. The summed E-state index contributed by atoms with van der Waals surface area (Å²) in [6.45, 7) is 8.50. The van der Waals surface area contributed by atoms with Crippen LogP contribution >= 0.6 is 11.9 Å². The van der Waals surface area contributed by atoms with Gasteiger partial charge in [0.2, 0.25) is 5.91 Å². The molecule has 0 atom stereocenters. The molecule has 1 aliphatic rings. The molecule has 0 spiro atoms. The van der Waals surface area contributed by atoms with Gasteiger partial charge in [-0.2, -0.15) is 0 Å². The lowest BCUT2D eigenvalue weighted by molar-refractivity contribution is -0.132. The molecule has 0 aromatic heterocycles. The Morgan fingerprint density at radius 3 is 2.28 bits per heavy atom. The Morgan fingerprint density at radius 1 is 1.32 bits per heavy atom. The second kappa shape index (κ2) is 8.53. The molecule has 0 aliphatic carbocycles. The second-order valence-electron chi connectivity index (χ2n) is 7.47. The lowest BCUT2D eigenvalue weighted by atomic mass is 9.95. The van der Waals surface area contributed by atoms with Crippen LogP contribution in [0.5, 0.6) is 0 Å². The summed E-state index contributed by atoms with van der Waals surface area (Å²) in [6, 6.07) is 0.296. The molecular formula is C17H32N4O3S. The molecule has 1 heterocycles. The lowest BCUT2D eigenvalue weighted by Crippen LogP contribution is -2.58. The minimum Gasteiger partial charge on any atom is -0.494 e.